The van der Waals surface area contributed by atoms with Gasteiger partial charge in [-0.3, -0.25) is 0 Å². The van der Waals surface area contributed by atoms with Gasteiger partial charge in [-0.1, -0.05) is 0 Å². The van der Waals surface area contributed by atoms with Crippen LogP contribution in [-0.2, 0) is 13.0 Å². The van der Waals surface area contributed by atoms with Gasteiger partial charge >= 0.3 is 0 Å². The van der Waals surface area contributed by atoms with E-state index in [1.54, 1.807) is 11.8 Å². The predicted octanol–water partition coefficient (Wildman–Crippen LogP) is 1.72. The maximum absolute atomic E-state index is 4.72. The number of fused-ring (bicyclic) bond motifs is 1. The zero-order valence-electron chi connectivity index (χ0n) is 8.92. The minimum atomic E-state index is 0.663. The highest BCUT2D eigenvalue weighted by molar-refractivity contribution is 7.98. The first-order valence-corrected chi connectivity index (χ1v) is 6.75. The summed E-state index contributed by atoms with van der Waals surface area (Å²) in [5.41, 5.74) is 2.62. The molecular formula is C11H15N3S. The van der Waals surface area contributed by atoms with E-state index in [4.69, 9.17) is 4.98 Å². The Balaban J connectivity index is 2.06. The first-order chi connectivity index (χ1) is 7.38. The highest BCUT2D eigenvalue weighted by atomic mass is 32.2. The smallest absolute Gasteiger partial charge is 0.132 e. The molecule has 15 heavy (non-hydrogen) atoms. The van der Waals surface area contributed by atoms with Gasteiger partial charge in [0.15, 0.2) is 0 Å². The zero-order chi connectivity index (χ0) is 10.3. The summed E-state index contributed by atoms with van der Waals surface area (Å²) < 4.78 is 0. The number of rotatable bonds is 2. The number of nitrogens with zero attached hydrogens (tertiary/aromatic N) is 2. The lowest BCUT2D eigenvalue weighted by atomic mass is 10.1. The number of hydrogen-bond donors (Lipinski definition) is 1. The minimum Gasteiger partial charge on any atom is -0.312 e. The second-order valence-electron chi connectivity index (χ2n) is 4.22. The zero-order valence-corrected chi connectivity index (χ0v) is 9.73. The summed E-state index contributed by atoms with van der Waals surface area (Å²) in [6.07, 6.45) is 5.73. The Bertz CT molecular complexity index is 370. The van der Waals surface area contributed by atoms with Crippen LogP contribution in [-0.4, -0.2) is 22.8 Å². The monoisotopic (exact) mass is 221 g/mol. The van der Waals surface area contributed by atoms with Crippen LogP contribution in [0.4, 0.5) is 0 Å². The maximum Gasteiger partial charge on any atom is 0.132 e. The standard InChI is InChI=1S/C11H15N3S/c1-15-11-8-6-12-5-4-9(8)13-10(14-11)7-2-3-7/h7,12H,2-6H2,1H3. The second kappa shape index (κ2) is 3.76. The van der Waals surface area contributed by atoms with Gasteiger partial charge in [0.05, 0.1) is 5.69 Å². The average Bonchev–Trinajstić information content (AvgIpc) is 3.11. The van der Waals surface area contributed by atoms with E-state index < -0.39 is 0 Å². The molecule has 2 aliphatic rings. The lowest BCUT2D eigenvalue weighted by molar-refractivity contribution is 0.603. The number of nitrogens with one attached hydrogen (secondary N) is 1. The number of thioether (sulfide) groups is 1. The Hall–Kier alpha value is -0.610. The van der Waals surface area contributed by atoms with E-state index in [2.05, 4.69) is 16.6 Å². The lowest BCUT2D eigenvalue weighted by Gasteiger charge is -2.19. The van der Waals surface area contributed by atoms with Crippen LogP contribution in [0, 0.1) is 0 Å². The molecule has 1 aromatic rings. The van der Waals surface area contributed by atoms with E-state index in [1.165, 1.54) is 29.1 Å². The molecule has 1 aliphatic heterocycles. The third-order valence-corrected chi connectivity index (χ3v) is 3.77. The van der Waals surface area contributed by atoms with Gasteiger partial charge in [-0.2, -0.15) is 0 Å². The maximum atomic E-state index is 4.72. The summed E-state index contributed by atoms with van der Waals surface area (Å²) in [7, 11) is 0. The molecule has 0 bridgehead atoms. The summed E-state index contributed by atoms with van der Waals surface area (Å²) in [6.45, 7) is 2.00. The lowest BCUT2D eigenvalue weighted by Crippen LogP contribution is -2.26. The normalized spacial score (nSPS) is 20.1. The van der Waals surface area contributed by atoms with Crippen LogP contribution in [0.3, 0.4) is 0 Å². The second-order valence-corrected chi connectivity index (χ2v) is 5.01. The molecule has 0 amide bonds. The molecule has 80 valence electrons. The van der Waals surface area contributed by atoms with Crippen LogP contribution in [0.5, 0.6) is 0 Å². The SMILES string of the molecule is CSc1nc(C2CC2)nc2c1CNCC2. The first kappa shape index (κ1) is 9.60. The van der Waals surface area contributed by atoms with Crippen LogP contribution >= 0.6 is 11.8 Å². The molecule has 0 radical (unpaired) electrons. The molecule has 1 saturated carbocycles. The van der Waals surface area contributed by atoms with Crippen molar-refractivity contribution >= 4 is 11.8 Å². The summed E-state index contributed by atoms with van der Waals surface area (Å²) in [4.78, 5) is 9.40. The van der Waals surface area contributed by atoms with Gasteiger partial charge in [0, 0.05) is 31.0 Å². The molecule has 4 heteroatoms. The molecule has 0 aromatic carbocycles. The third-order valence-electron chi connectivity index (χ3n) is 3.05. The minimum absolute atomic E-state index is 0.663. The molecular weight excluding hydrogens is 206 g/mol. The van der Waals surface area contributed by atoms with Crippen molar-refractivity contribution in [1.29, 1.82) is 0 Å². The molecule has 1 N–H and O–H groups in total. The average molecular weight is 221 g/mol. The van der Waals surface area contributed by atoms with Crippen LogP contribution in [0.15, 0.2) is 5.03 Å². The molecule has 1 aromatic heterocycles. The highest BCUT2D eigenvalue weighted by Gasteiger charge is 2.28. The van der Waals surface area contributed by atoms with Crippen molar-refractivity contribution in [3.8, 4) is 0 Å². The molecule has 0 spiro atoms. The Labute approximate surface area is 94.1 Å². The van der Waals surface area contributed by atoms with Crippen molar-refractivity contribution in [3.63, 3.8) is 0 Å². The molecule has 0 atom stereocenters. The van der Waals surface area contributed by atoms with Crippen LogP contribution in [0.25, 0.3) is 0 Å². The largest absolute Gasteiger partial charge is 0.312 e. The molecule has 3 rings (SSSR count). The molecule has 0 saturated heterocycles. The quantitative estimate of drug-likeness (QED) is 0.609. The van der Waals surface area contributed by atoms with E-state index in [0.717, 1.165) is 25.3 Å². The van der Waals surface area contributed by atoms with E-state index >= 15 is 0 Å². The first-order valence-electron chi connectivity index (χ1n) is 5.53. The van der Waals surface area contributed by atoms with Crippen molar-refractivity contribution in [3.05, 3.63) is 17.1 Å². The Morgan fingerprint density at radius 3 is 2.93 bits per heavy atom. The van der Waals surface area contributed by atoms with Gasteiger partial charge in [0.1, 0.15) is 10.9 Å². The molecule has 3 nitrogen and oxygen atoms in total. The highest BCUT2D eigenvalue weighted by Crippen LogP contribution is 2.39. The van der Waals surface area contributed by atoms with E-state index in [9.17, 15) is 0 Å². The van der Waals surface area contributed by atoms with Gasteiger partial charge in [0.25, 0.3) is 0 Å². The summed E-state index contributed by atoms with van der Waals surface area (Å²) in [5.74, 6) is 1.76. The van der Waals surface area contributed by atoms with Crippen LogP contribution in [0.2, 0.25) is 0 Å². The molecule has 1 aliphatic carbocycles. The Morgan fingerprint density at radius 1 is 1.33 bits per heavy atom. The predicted molar refractivity (Wildman–Crippen MR) is 61.2 cm³/mol. The number of aromatic nitrogens is 2. The third kappa shape index (κ3) is 1.76. The van der Waals surface area contributed by atoms with Crippen molar-refractivity contribution in [2.75, 3.05) is 12.8 Å². The fourth-order valence-corrected chi connectivity index (χ4v) is 2.64. The molecule has 2 heterocycles. The van der Waals surface area contributed by atoms with Gasteiger partial charge in [-0.25, -0.2) is 9.97 Å². The number of hydrogen-bond acceptors (Lipinski definition) is 4. The molecule has 1 fully saturated rings. The summed E-state index contributed by atoms with van der Waals surface area (Å²) in [5, 5.41) is 4.58. The van der Waals surface area contributed by atoms with E-state index in [0.29, 0.717) is 5.92 Å². The molecule has 0 unspecified atom stereocenters. The van der Waals surface area contributed by atoms with Gasteiger partial charge in [0.2, 0.25) is 0 Å². The Kier molecular flexibility index (Phi) is 2.41. The van der Waals surface area contributed by atoms with Crippen LogP contribution < -0.4 is 5.32 Å². The van der Waals surface area contributed by atoms with Gasteiger partial charge in [-0.05, 0) is 19.1 Å². The van der Waals surface area contributed by atoms with Crippen LogP contribution in [0.1, 0.15) is 35.8 Å². The Morgan fingerprint density at radius 2 is 2.20 bits per heavy atom. The van der Waals surface area contributed by atoms with Crippen molar-refractivity contribution < 1.29 is 0 Å². The fraction of sp³-hybridized carbons (Fsp3) is 0.636. The summed E-state index contributed by atoms with van der Waals surface area (Å²) >= 11 is 1.75. The topological polar surface area (TPSA) is 37.8 Å². The van der Waals surface area contributed by atoms with Crippen molar-refractivity contribution in [1.82, 2.24) is 15.3 Å². The van der Waals surface area contributed by atoms with Crippen molar-refractivity contribution in [2.24, 2.45) is 0 Å². The van der Waals surface area contributed by atoms with E-state index in [-0.39, 0.29) is 0 Å². The fourth-order valence-electron chi connectivity index (χ4n) is 2.02. The summed E-state index contributed by atoms with van der Waals surface area (Å²) in [6, 6.07) is 0. The van der Waals surface area contributed by atoms with E-state index in [1.807, 2.05) is 0 Å². The van der Waals surface area contributed by atoms with Gasteiger partial charge < -0.3 is 5.32 Å². The van der Waals surface area contributed by atoms with Crippen molar-refractivity contribution in [2.45, 2.75) is 36.8 Å². The van der Waals surface area contributed by atoms with Gasteiger partial charge in [-0.15, -0.1) is 11.8 Å².